The number of amides is 1. The van der Waals surface area contributed by atoms with E-state index >= 15 is 0 Å². The number of nitrogens with one attached hydrogen (secondary N) is 2. The number of rotatable bonds is 6. The molecule has 0 bridgehead atoms. The lowest BCUT2D eigenvalue weighted by atomic mass is 10.1. The molecule has 3 rings (SSSR count). The van der Waals surface area contributed by atoms with E-state index in [1.165, 1.54) is 5.56 Å². The van der Waals surface area contributed by atoms with Crippen molar-refractivity contribution in [3.63, 3.8) is 0 Å². The molecule has 0 saturated carbocycles. The molecule has 0 fully saturated rings. The monoisotopic (exact) mass is 357 g/mol. The van der Waals surface area contributed by atoms with Crippen LogP contribution in [0.25, 0.3) is 0 Å². The van der Waals surface area contributed by atoms with Crippen LogP contribution in [0.4, 0.5) is 11.5 Å². The van der Waals surface area contributed by atoms with Crippen LogP contribution in [0.15, 0.2) is 60.7 Å². The molecule has 0 radical (unpaired) electrons. The molecular weight excluding hydrogens is 338 g/mol. The second kappa shape index (κ2) is 8.59. The number of hydrogen-bond acceptors (Lipinski definition) is 5. The maximum Gasteiger partial charge on any atom is 0.274 e. The molecule has 27 heavy (non-hydrogen) atoms. The molecule has 0 unspecified atom stereocenters. The van der Waals surface area contributed by atoms with Crippen LogP contribution in [0, 0.1) is 18.3 Å². The second-order valence-electron chi connectivity index (χ2n) is 5.99. The third kappa shape index (κ3) is 5.13. The van der Waals surface area contributed by atoms with E-state index in [-0.39, 0.29) is 11.6 Å². The highest BCUT2D eigenvalue weighted by Gasteiger charge is 2.11. The molecular formula is C21H19N5O. The first-order valence-electron chi connectivity index (χ1n) is 8.59. The maximum absolute atomic E-state index is 12.5. The van der Waals surface area contributed by atoms with Crippen LogP contribution in [0.2, 0.25) is 0 Å². The van der Waals surface area contributed by atoms with Gasteiger partial charge in [-0.1, -0.05) is 30.3 Å². The number of aromatic nitrogens is 2. The van der Waals surface area contributed by atoms with Gasteiger partial charge in [0.05, 0.1) is 11.6 Å². The van der Waals surface area contributed by atoms with Crippen LogP contribution in [0.5, 0.6) is 0 Å². The van der Waals surface area contributed by atoms with Crippen molar-refractivity contribution in [3.8, 4) is 6.07 Å². The van der Waals surface area contributed by atoms with Gasteiger partial charge in [-0.15, -0.1) is 0 Å². The second-order valence-corrected chi connectivity index (χ2v) is 5.99. The molecule has 0 atom stereocenters. The van der Waals surface area contributed by atoms with Gasteiger partial charge < -0.3 is 10.6 Å². The third-order valence-electron chi connectivity index (χ3n) is 3.91. The first kappa shape index (κ1) is 18.1. The van der Waals surface area contributed by atoms with Crippen LogP contribution in [0.3, 0.4) is 0 Å². The molecule has 0 aliphatic rings. The van der Waals surface area contributed by atoms with E-state index in [1.807, 2.05) is 24.3 Å². The van der Waals surface area contributed by atoms with Gasteiger partial charge in [0.1, 0.15) is 17.3 Å². The zero-order valence-electron chi connectivity index (χ0n) is 14.9. The molecule has 1 aromatic heterocycles. The molecule has 2 N–H and O–H groups in total. The summed E-state index contributed by atoms with van der Waals surface area (Å²) in [5, 5.41) is 14.9. The molecule has 6 nitrogen and oxygen atoms in total. The topological polar surface area (TPSA) is 90.7 Å². The zero-order valence-corrected chi connectivity index (χ0v) is 14.9. The highest BCUT2D eigenvalue weighted by atomic mass is 16.1. The predicted octanol–water partition coefficient (Wildman–Crippen LogP) is 3.56. The van der Waals surface area contributed by atoms with Crippen molar-refractivity contribution in [1.82, 2.24) is 9.97 Å². The summed E-state index contributed by atoms with van der Waals surface area (Å²) in [5.41, 5.74) is 2.66. The minimum Gasteiger partial charge on any atom is -0.370 e. The Hall–Kier alpha value is -3.72. The molecule has 3 aromatic rings. The molecule has 1 amide bonds. The Morgan fingerprint density at radius 1 is 1.07 bits per heavy atom. The van der Waals surface area contributed by atoms with E-state index in [9.17, 15) is 4.79 Å². The molecule has 0 saturated heterocycles. The standard InChI is InChI=1S/C21H19N5O/c1-15-24-19(21(27)26-18-9-7-17(14-22)8-10-18)13-20(25-15)23-12-11-16-5-3-2-4-6-16/h2-10,13H,11-12H2,1H3,(H,26,27)(H,23,24,25). The molecule has 0 aliphatic heterocycles. The van der Waals surface area contributed by atoms with Crippen molar-refractivity contribution in [2.45, 2.75) is 13.3 Å². The smallest absolute Gasteiger partial charge is 0.274 e. The Morgan fingerprint density at radius 2 is 1.81 bits per heavy atom. The number of aryl methyl sites for hydroxylation is 1. The molecule has 6 heteroatoms. The van der Waals surface area contributed by atoms with Crippen molar-refractivity contribution < 1.29 is 4.79 Å². The molecule has 1 heterocycles. The average Bonchev–Trinajstić information content (AvgIpc) is 2.69. The van der Waals surface area contributed by atoms with Gasteiger partial charge in [0.25, 0.3) is 5.91 Å². The number of anilines is 2. The van der Waals surface area contributed by atoms with E-state index in [0.717, 1.165) is 6.42 Å². The highest BCUT2D eigenvalue weighted by Crippen LogP contribution is 2.12. The number of nitrogens with zero attached hydrogens (tertiary/aromatic N) is 3. The average molecular weight is 357 g/mol. The van der Waals surface area contributed by atoms with E-state index in [1.54, 1.807) is 37.3 Å². The van der Waals surface area contributed by atoms with E-state index in [0.29, 0.717) is 29.4 Å². The largest absolute Gasteiger partial charge is 0.370 e. The van der Waals surface area contributed by atoms with Gasteiger partial charge in [-0.3, -0.25) is 4.79 Å². The fourth-order valence-corrected chi connectivity index (χ4v) is 2.58. The van der Waals surface area contributed by atoms with Crippen molar-refractivity contribution >= 4 is 17.4 Å². The first-order valence-corrected chi connectivity index (χ1v) is 8.59. The van der Waals surface area contributed by atoms with Crippen LogP contribution in [-0.4, -0.2) is 22.4 Å². The van der Waals surface area contributed by atoms with Crippen molar-refractivity contribution in [3.05, 3.63) is 83.3 Å². The Labute approximate surface area is 157 Å². The summed E-state index contributed by atoms with van der Waals surface area (Å²) in [6.45, 7) is 2.46. The van der Waals surface area contributed by atoms with Crippen molar-refractivity contribution in [2.24, 2.45) is 0 Å². The first-order chi connectivity index (χ1) is 13.1. The summed E-state index contributed by atoms with van der Waals surface area (Å²) in [4.78, 5) is 21.0. The minimum absolute atomic E-state index is 0.286. The fourth-order valence-electron chi connectivity index (χ4n) is 2.58. The number of benzene rings is 2. The summed E-state index contributed by atoms with van der Waals surface area (Å²) >= 11 is 0. The predicted molar refractivity (Wildman–Crippen MR) is 105 cm³/mol. The highest BCUT2D eigenvalue weighted by molar-refractivity contribution is 6.03. The van der Waals surface area contributed by atoms with Gasteiger partial charge >= 0.3 is 0 Å². The van der Waals surface area contributed by atoms with Crippen LogP contribution in [0.1, 0.15) is 27.4 Å². The lowest BCUT2D eigenvalue weighted by Gasteiger charge is -2.09. The summed E-state index contributed by atoms with van der Waals surface area (Å²) in [5.74, 6) is 0.810. The summed E-state index contributed by atoms with van der Waals surface area (Å²) < 4.78 is 0. The van der Waals surface area contributed by atoms with Crippen LogP contribution >= 0.6 is 0 Å². The van der Waals surface area contributed by atoms with Gasteiger partial charge in [-0.25, -0.2) is 9.97 Å². The SMILES string of the molecule is Cc1nc(NCCc2ccccc2)cc(C(=O)Nc2ccc(C#N)cc2)n1. The quantitative estimate of drug-likeness (QED) is 0.704. The van der Waals surface area contributed by atoms with Crippen molar-refractivity contribution in [2.75, 3.05) is 17.2 Å². The summed E-state index contributed by atoms with van der Waals surface area (Å²) in [6.07, 6.45) is 0.858. The van der Waals surface area contributed by atoms with Gasteiger partial charge in [0, 0.05) is 18.3 Å². The van der Waals surface area contributed by atoms with Gasteiger partial charge in [0.15, 0.2) is 0 Å². The maximum atomic E-state index is 12.5. The van der Waals surface area contributed by atoms with Crippen LogP contribution < -0.4 is 10.6 Å². The lowest BCUT2D eigenvalue weighted by molar-refractivity contribution is 0.102. The number of carbonyl (C=O) groups excluding carboxylic acids is 1. The Morgan fingerprint density at radius 3 is 2.52 bits per heavy atom. The normalized spacial score (nSPS) is 10.1. The van der Waals surface area contributed by atoms with E-state index in [4.69, 9.17) is 5.26 Å². The van der Waals surface area contributed by atoms with E-state index in [2.05, 4.69) is 32.7 Å². The molecule has 0 spiro atoms. The minimum atomic E-state index is -0.323. The zero-order chi connectivity index (χ0) is 19.1. The number of nitriles is 1. The number of hydrogen-bond donors (Lipinski definition) is 2. The fraction of sp³-hybridized carbons (Fsp3) is 0.143. The van der Waals surface area contributed by atoms with Crippen LogP contribution in [-0.2, 0) is 6.42 Å². The summed E-state index contributed by atoms with van der Waals surface area (Å²) in [6, 6.07) is 20.5. The number of carbonyl (C=O) groups is 1. The third-order valence-corrected chi connectivity index (χ3v) is 3.91. The Balaban J connectivity index is 1.64. The van der Waals surface area contributed by atoms with E-state index < -0.39 is 0 Å². The summed E-state index contributed by atoms with van der Waals surface area (Å²) in [7, 11) is 0. The lowest BCUT2D eigenvalue weighted by Crippen LogP contribution is -2.16. The van der Waals surface area contributed by atoms with Gasteiger partial charge in [-0.05, 0) is 43.2 Å². The molecule has 0 aliphatic carbocycles. The Bertz CT molecular complexity index is 962. The molecule has 134 valence electrons. The van der Waals surface area contributed by atoms with Gasteiger partial charge in [0.2, 0.25) is 0 Å². The van der Waals surface area contributed by atoms with Gasteiger partial charge in [-0.2, -0.15) is 5.26 Å². The van der Waals surface area contributed by atoms with Crippen molar-refractivity contribution in [1.29, 1.82) is 5.26 Å². The molecule has 2 aromatic carbocycles. The Kier molecular flexibility index (Phi) is 5.75.